The lowest BCUT2D eigenvalue weighted by molar-refractivity contribution is -0.123. The number of hydrogen-bond donors (Lipinski definition) is 1. The first-order chi connectivity index (χ1) is 12.2. The number of benzene rings is 2. The lowest BCUT2D eigenvalue weighted by atomic mass is 10.2. The fourth-order valence-corrected chi connectivity index (χ4v) is 2.48. The van der Waals surface area contributed by atoms with E-state index in [-0.39, 0.29) is 12.5 Å². The SMILES string of the molecule is CCN(CCCNC(=O)COc1ccc(OC)cc1)c1ccccc1. The number of hydrogen-bond acceptors (Lipinski definition) is 4. The van der Waals surface area contributed by atoms with Gasteiger partial charge < -0.3 is 19.7 Å². The molecule has 2 aromatic carbocycles. The first kappa shape index (κ1) is 18.6. The predicted octanol–water partition coefficient (Wildman–Crippen LogP) is 3.11. The normalized spacial score (nSPS) is 10.2. The summed E-state index contributed by atoms with van der Waals surface area (Å²) < 4.78 is 10.5. The van der Waals surface area contributed by atoms with E-state index >= 15 is 0 Å². The molecule has 0 spiro atoms. The zero-order valence-corrected chi connectivity index (χ0v) is 14.9. The van der Waals surface area contributed by atoms with Crippen molar-refractivity contribution in [2.45, 2.75) is 13.3 Å². The molecule has 0 aromatic heterocycles. The number of rotatable bonds is 10. The lowest BCUT2D eigenvalue weighted by Crippen LogP contribution is -2.32. The molecule has 0 atom stereocenters. The van der Waals surface area contributed by atoms with E-state index in [9.17, 15) is 4.79 Å². The summed E-state index contributed by atoms with van der Waals surface area (Å²) in [4.78, 5) is 14.1. The molecule has 25 heavy (non-hydrogen) atoms. The topological polar surface area (TPSA) is 50.8 Å². The molecule has 0 unspecified atom stereocenters. The van der Waals surface area contributed by atoms with E-state index in [1.54, 1.807) is 31.4 Å². The standard InChI is InChI=1S/C20H26N2O3/c1-3-22(17-8-5-4-6-9-17)15-7-14-21-20(23)16-25-19-12-10-18(24-2)11-13-19/h4-6,8-13H,3,7,14-16H2,1-2H3,(H,21,23). The Labute approximate surface area is 149 Å². The van der Waals surface area contributed by atoms with Crippen molar-refractivity contribution in [2.24, 2.45) is 0 Å². The van der Waals surface area contributed by atoms with Crippen LogP contribution in [0.4, 0.5) is 5.69 Å². The smallest absolute Gasteiger partial charge is 0.257 e. The van der Waals surface area contributed by atoms with E-state index < -0.39 is 0 Å². The van der Waals surface area contributed by atoms with Crippen LogP contribution in [0.2, 0.25) is 0 Å². The first-order valence-corrected chi connectivity index (χ1v) is 8.56. The van der Waals surface area contributed by atoms with Crippen molar-refractivity contribution in [2.75, 3.05) is 38.3 Å². The highest BCUT2D eigenvalue weighted by Gasteiger charge is 2.05. The van der Waals surface area contributed by atoms with Crippen molar-refractivity contribution in [3.05, 3.63) is 54.6 Å². The molecule has 0 aliphatic rings. The van der Waals surface area contributed by atoms with Crippen LogP contribution in [0.25, 0.3) is 0 Å². The van der Waals surface area contributed by atoms with Crippen LogP contribution in [0.1, 0.15) is 13.3 Å². The van der Waals surface area contributed by atoms with E-state index in [4.69, 9.17) is 9.47 Å². The number of ether oxygens (including phenoxy) is 2. The van der Waals surface area contributed by atoms with Crippen LogP contribution in [-0.4, -0.2) is 39.3 Å². The molecule has 1 N–H and O–H groups in total. The van der Waals surface area contributed by atoms with Gasteiger partial charge in [0.2, 0.25) is 0 Å². The number of anilines is 1. The van der Waals surface area contributed by atoms with Gasteiger partial charge in [0.25, 0.3) is 5.91 Å². The first-order valence-electron chi connectivity index (χ1n) is 8.56. The molecule has 1 amide bonds. The maximum absolute atomic E-state index is 11.8. The molecule has 2 aromatic rings. The molecule has 0 aliphatic heterocycles. The van der Waals surface area contributed by atoms with E-state index in [0.29, 0.717) is 12.3 Å². The fourth-order valence-electron chi connectivity index (χ4n) is 2.48. The minimum atomic E-state index is -0.112. The van der Waals surface area contributed by atoms with Crippen LogP contribution in [0.5, 0.6) is 11.5 Å². The maximum Gasteiger partial charge on any atom is 0.257 e. The molecule has 0 aliphatic carbocycles. The molecular weight excluding hydrogens is 316 g/mol. The molecule has 5 heteroatoms. The Balaban J connectivity index is 1.64. The number of nitrogens with one attached hydrogen (secondary N) is 1. The van der Waals surface area contributed by atoms with E-state index in [1.165, 1.54) is 5.69 Å². The lowest BCUT2D eigenvalue weighted by Gasteiger charge is -2.23. The molecule has 5 nitrogen and oxygen atoms in total. The molecule has 0 fully saturated rings. The molecule has 0 saturated heterocycles. The van der Waals surface area contributed by atoms with Gasteiger partial charge in [-0.15, -0.1) is 0 Å². The number of nitrogens with zero attached hydrogens (tertiary/aromatic N) is 1. The highest BCUT2D eigenvalue weighted by molar-refractivity contribution is 5.77. The minimum Gasteiger partial charge on any atom is -0.497 e. The van der Waals surface area contributed by atoms with Crippen LogP contribution >= 0.6 is 0 Å². The number of methoxy groups -OCH3 is 1. The second kappa shape index (κ2) is 10.2. The van der Waals surface area contributed by atoms with E-state index in [0.717, 1.165) is 25.3 Å². The third-order valence-electron chi connectivity index (χ3n) is 3.86. The van der Waals surface area contributed by atoms with Gasteiger partial charge in [-0.2, -0.15) is 0 Å². The van der Waals surface area contributed by atoms with Gasteiger partial charge in [0, 0.05) is 25.3 Å². The Morgan fingerprint density at radius 2 is 1.72 bits per heavy atom. The second-order valence-electron chi connectivity index (χ2n) is 5.58. The third-order valence-corrected chi connectivity index (χ3v) is 3.86. The summed E-state index contributed by atoms with van der Waals surface area (Å²) in [5.74, 6) is 1.30. The van der Waals surface area contributed by atoms with Crippen molar-refractivity contribution in [1.29, 1.82) is 0 Å². The molecular formula is C20H26N2O3. The van der Waals surface area contributed by atoms with Crippen LogP contribution in [0.15, 0.2) is 54.6 Å². The number of amides is 1. The van der Waals surface area contributed by atoms with Gasteiger partial charge in [-0.05, 0) is 49.7 Å². The predicted molar refractivity (Wildman–Crippen MR) is 100 cm³/mol. The van der Waals surface area contributed by atoms with Gasteiger partial charge in [-0.1, -0.05) is 18.2 Å². The van der Waals surface area contributed by atoms with Gasteiger partial charge in [-0.25, -0.2) is 0 Å². The average Bonchev–Trinajstić information content (AvgIpc) is 2.67. The minimum absolute atomic E-state index is 0.0164. The van der Waals surface area contributed by atoms with Crippen LogP contribution in [0, 0.1) is 0 Å². The monoisotopic (exact) mass is 342 g/mol. The highest BCUT2D eigenvalue weighted by Crippen LogP contribution is 2.16. The van der Waals surface area contributed by atoms with Crippen molar-refractivity contribution in [3.8, 4) is 11.5 Å². The second-order valence-corrected chi connectivity index (χ2v) is 5.58. The van der Waals surface area contributed by atoms with Gasteiger partial charge in [0.05, 0.1) is 7.11 Å². The number of carbonyl (C=O) groups is 1. The summed E-state index contributed by atoms with van der Waals surface area (Å²) in [6, 6.07) is 17.5. The Morgan fingerprint density at radius 3 is 2.36 bits per heavy atom. The van der Waals surface area contributed by atoms with Gasteiger partial charge in [-0.3, -0.25) is 4.79 Å². The van der Waals surface area contributed by atoms with E-state index in [1.807, 2.05) is 18.2 Å². The molecule has 0 heterocycles. The van der Waals surface area contributed by atoms with Crippen LogP contribution in [0.3, 0.4) is 0 Å². The van der Waals surface area contributed by atoms with Crippen LogP contribution < -0.4 is 19.7 Å². The Hall–Kier alpha value is -2.69. The molecule has 0 saturated carbocycles. The highest BCUT2D eigenvalue weighted by atomic mass is 16.5. The summed E-state index contributed by atoms with van der Waals surface area (Å²) in [6.45, 7) is 4.63. The largest absolute Gasteiger partial charge is 0.497 e. The average molecular weight is 342 g/mol. The summed E-state index contributed by atoms with van der Waals surface area (Å²) in [7, 11) is 1.61. The molecule has 0 bridgehead atoms. The fraction of sp³-hybridized carbons (Fsp3) is 0.350. The van der Waals surface area contributed by atoms with Crippen LogP contribution in [-0.2, 0) is 4.79 Å². The number of carbonyl (C=O) groups excluding carboxylic acids is 1. The Bertz CT molecular complexity index is 629. The van der Waals surface area contributed by atoms with Crippen molar-refractivity contribution >= 4 is 11.6 Å². The van der Waals surface area contributed by atoms with E-state index in [2.05, 4.69) is 29.3 Å². The zero-order valence-electron chi connectivity index (χ0n) is 14.9. The Kier molecular flexibility index (Phi) is 7.63. The summed E-state index contributed by atoms with van der Waals surface area (Å²) in [5.41, 5.74) is 1.21. The summed E-state index contributed by atoms with van der Waals surface area (Å²) >= 11 is 0. The summed E-state index contributed by atoms with van der Waals surface area (Å²) in [5, 5.41) is 2.89. The van der Waals surface area contributed by atoms with Crippen molar-refractivity contribution < 1.29 is 14.3 Å². The third kappa shape index (κ3) is 6.37. The molecule has 0 radical (unpaired) electrons. The van der Waals surface area contributed by atoms with Gasteiger partial charge in [0.1, 0.15) is 11.5 Å². The van der Waals surface area contributed by atoms with Crippen molar-refractivity contribution in [1.82, 2.24) is 5.32 Å². The molecule has 134 valence electrons. The summed E-state index contributed by atoms with van der Waals surface area (Å²) in [6.07, 6.45) is 0.886. The Morgan fingerprint density at radius 1 is 1.04 bits per heavy atom. The van der Waals surface area contributed by atoms with Crippen molar-refractivity contribution in [3.63, 3.8) is 0 Å². The quantitative estimate of drug-likeness (QED) is 0.674. The zero-order chi connectivity index (χ0) is 17.9. The molecule has 2 rings (SSSR count). The van der Waals surface area contributed by atoms with Gasteiger partial charge in [0.15, 0.2) is 6.61 Å². The maximum atomic E-state index is 11.8. The van der Waals surface area contributed by atoms with Gasteiger partial charge >= 0.3 is 0 Å². The number of para-hydroxylation sites is 1.